The molecule has 0 aliphatic heterocycles. The highest BCUT2D eigenvalue weighted by Gasteiger charge is 2.12. The van der Waals surface area contributed by atoms with Crippen molar-refractivity contribution in [3.63, 3.8) is 0 Å². The first-order valence-electron chi connectivity index (χ1n) is 3.88. The van der Waals surface area contributed by atoms with Crippen molar-refractivity contribution in [1.82, 2.24) is 0 Å². The van der Waals surface area contributed by atoms with E-state index in [1.54, 1.807) is 19.1 Å². The van der Waals surface area contributed by atoms with Crippen LogP contribution < -0.4 is 11.5 Å². The van der Waals surface area contributed by atoms with Crippen molar-refractivity contribution in [2.24, 2.45) is 5.73 Å². The van der Waals surface area contributed by atoms with Crippen molar-refractivity contribution in [1.29, 1.82) is 0 Å². The Morgan fingerprint density at radius 2 is 2.00 bits per heavy atom. The molecule has 1 amide bonds. The summed E-state index contributed by atoms with van der Waals surface area (Å²) >= 11 is 0. The first-order chi connectivity index (χ1) is 6.50. The molecule has 0 bridgehead atoms. The Balaban J connectivity index is 2.96. The quantitative estimate of drug-likeness (QED) is 0.393. The molecule has 0 spiro atoms. The van der Waals surface area contributed by atoms with Crippen LogP contribution in [0.1, 0.15) is 15.9 Å². The number of primary amides is 1. The van der Waals surface area contributed by atoms with Crippen LogP contribution in [0.2, 0.25) is 0 Å². The van der Waals surface area contributed by atoms with E-state index in [9.17, 15) is 9.59 Å². The SMILES string of the molecule is Cc1cc(N)ccc1C(=O)OC(N)=O. The second-order valence-corrected chi connectivity index (χ2v) is 2.78. The summed E-state index contributed by atoms with van der Waals surface area (Å²) in [5.74, 6) is -0.769. The maximum absolute atomic E-state index is 11.2. The first kappa shape index (κ1) is 10.0. The van der Waals surface area contributed by atoms with Gasteiger partial charge < -0.3 is 16.2 Å². The third-order valence-electron chi connectivity index (χ3n) is 1.66. The molecule has 0 saturated carbocycles. The molecule has 1 rings (SSSR count). The molecule has 0 aromatic heterocycles. The summed E-state index contributed by atoms with van der Waals surface area (Å²) in [6.07, 6.45) is -1.12. The molecule has 0 saturated heterocycles. The number of amides is 1. The number of benzene rings is 1. The van der Waals surface area contributed by atoms with Crippen molar-refractivity contribution >= 4 is 17.7 Å². The standard InChI is InChI=1S/C9H10N2O3/c1-5-4-6(10)2-3-7(5)8(12)14-9(11)13/h2-4H,10H2,1H3,(H2,11,13). The van der Waals surface area contributed by atoms with E-state index < -0.39 is 12.1 Å². The van der Waals surface area contributed by atoms with Crippen molar-refractivity contribution in [3.8, 4) is 0 Å². The Morgan fingerprint density at radius 1 is 1.36 bits per heavy atom. The highest BCUT2D eigenvalue weighted by Crippen LogP contribution is 2.13. The average Bonchev–Trinajstić information content (AvgIpc) is 2.01. The van der Waals surface area contributed by atoms with Crippen LogP contribution in [0, 0.1) is 6.92 Å². The lowest BCUT2D eigenvalue weighted by Gasteiger charge is -2.04. The van der Waals surface area contributed by atoms with Crippen LogP contribution in [0.25, 0.3) is 0 Å². The third kappa shape index (κ3) is 2.22. The largest absolute Gasteiger partial charge is 0.412 e. The Labute approximate surface area is 80.6 Å². The summed E-state index contributed by atoms with van der Waals surface area (Å²) < 4.78 is 4.22. The molecule has 0 aliphatic carbocycles. The summed E-state index contributed by atoms with van der Waals surface area (Å²) in [4.78, 5) is 21.5. The Morgan fingerprint density at radius 3 is 2.50 bits per heavy atom. The van der Waals surface area contributed by atoms with Gasteiger partial charge in [-0.25, -0.2) is 9.59 Å². The van der Waals surface area contributed by atoms with E-state index in [1.807, 2.05) is 0 Å². The van der Waals surface area contributed by atoms with Crippen molar-refractivity contribution < 1.29 is 14.3 Å². The fourth-order valence-electron chi connectivity index (χ4n) is 1.06. The molecule has 0 unspecified atom stereocenters. The zero-order chi connectivity index (χ0) is 10.7. The molecule has 1 aromatic carbocycles. The van der Waals surface area contributed by atoms with E-state index in [2.05, 4.69) is 4.74 Å². The topological polar surface area (TPSA) is 95.4 Å². The second kappa shape index (κ2) is 3.78. The van der Waals surface area contributed by atoms with Crippen molar-refractivity contribution in [2.45, 2.75) is 6.92 Å². The van der Waals surface area contributed by atoms with E-state index in [1.165, 1.54) is 6.07 Å². The molecule has 0 heterocycles. The summed E-state index contributed by atoms with van der Waals surface area (Å²) in [5, 5.41) is 0. The van der Waals surface area contributed by atoms with Gasteiger partial charge in [-0.2, -0.15) is 0 Å². The normalized spacial score (nSPS) is 9.50. The van der Waals surface area contributed by atoms with Crippen LogP contribution in [-0.2, 0) is 4.74 Å². The minimum Gasteiger partial charge on any atom is -0.399 e. The summed E-state index contributed by atoms with van der Waals surface area (Å²) in [7, 11) is 0. The molecule has 14 heavy (non-hydrogen) atoms. The van der Waals surface area contributed by atoms with E-state index in [4.69, 9.17) is 11.5 Å². The first-order valence-corrected chi connectivity index (χ1v) is 3.88. The van der Waals surface area contributed by atoms with Crippen LogP contribution in [0.3, 0.4) is 0 Å². The zero-order valence-corrected chi connectivity index (χ0v) is 7.61. The van der Waals surface area contributed by atoms with Gasteiger partial charge in [-0.1, -0.05) is 0 Å². The molecule has 0 atom stereocenters. The Kier molecular flexibility index (Phi) is 2.71. The van der Waals surface area contributed by atoms with Gasteiger partial charge in [0, 0.05) is 5.69 Å². The van der Waals surface area contributed by atoms with Crippen LogP contribution in [0.4, 0.5) is 10.5 Å². The summed E-state index contributed by atoms with van der Waals surface area (Å²) in [5.41, 5.74) is 11.6. The smallest absolute Gasteiger partial charge is 0.399 e. The molecule has 74 valence electrons. The number of carbonyl (C=O) groups is 2. The van der Waals surface area contributed by atoms with Gasteiger partial charge in [-0.15, -0.1) is 0 Å². The van der Waals surface area contributed by atoms with Crippen molar-refractivity contribution in [2.75, 3.05) is 5.73 Å². The zero-order valence-electron chi connectivity index (χ0n) is 7.61. The number of esters is 1. The minimum atomic E-state index is -1.12. The highest BCUT2D eigenvalue weighted by molar-refractivity contribution is 5.97. The van der Waals surface area contributed by atoms with Crippen LogP contribution in [0.15, 0.2) is 18.2 Å². The molecular weight excluding hydrogens is 184 g/mol. The number of nitrogen functional groups attached to an aromatic ring is 1. The molecule has 0 radical (unpaired) electrons. The molecule has 4 N–H and O–H groups in total. The Hall–Kier alpha value is -2.04. The van der Waals surface area contributed by atoms with Gasteiger partial charge in [0.1, 0.15) is 0 Å². The number of aryl methyl sites for hydroxylation is 1. The number of carbonyl (C=O) groups excluding carboxylic acids is 2. The van der Waals surface area contributed by atoms with Gasteiger partial charge in [-0.05, 0) is 30.7 Å². The highest BCUT2D eigenvalue weighted by atomic mass is 16.6. The lowest BCUT2D eigenvalue weighted by atomic mass is 10.1. The molecule has 0 fully saturated rings. The number of nitrogens with two attached hydrogens (primary N) is 2. The van der Waals surface area contributed by atoms with Gasteiger partial charge in [0.25, 0.3) is 0 Å². The fraction of sp³-hybridized carbons (Fsp3) is 0.111. The Bertz CT molecular complexity index is 388. The molecule has 0 aliphatic rings. The number of ether oxygens (including phenoxy) is 1. The van der Waals surface area contributed by atoms with Gasteiger partial charge >= 0.3 is 12.1 Å². The van der Waals surface area contributed by atoms with E-state index in [0.29, 0.717) is 11.3 Å². The predicted octanol–water partition coefficient (Wildman–Crippen LogP) is 0.813. The number of hydrogen-bond acceptors (Lipinski definition) is 4. The third-order valence-corrected chi connectivity index (χ3v) is 1.66. The molecular formula is C9H10N2O3. The molecule has 1 aromatic rings. The fourth-order valence-corrected chi connectivity index (χ4v) is 1.06. The second-order valence-electron chi connectivity index (χ2n) is 2.78. The summed E-state index contributed by atoms with van der Waals surface area (Å²) in [6, 6.07) is 4.64. The lowest BCUT2D eigenvalue weighted by molar-refractivity contribution is 0.0637. The number of hydrogen-bond donors (Lipinski definition) is 2. The minimum absolute atomic E-state index is 0.276. The molecule has 5 heteroatoms. The number of rotatable bonds is 1. The van der Waals surface area contributed by atoms with Gasteiger partial charge in [0.05, 0.1) is 5.56 Å². The van der Waals surface area contributed by atoms with Crippen molar-refractivity contribution in [3.05, 3.63) is 29.3 Å². The van der Waals surface area contributed by atoms with Gasteiger partial charge in [-0.3, -0.25) is 0 Å². The van der Waals surface area contributed by atoms with Gasteiger partial charge in [0.15, 0.2) is 0 Å². The van der Waals surface area contributed by atoms with Crippen LogP contribution in [-0.4, -0.2) is 12.1 Å². The van der Waals surface area contributed by atoms with E-state index in [-0.39, 0.29) is 5.56 Å². The maximum atomic E-state index is 11.2. The van der Waals surface area contributed by atoms with Gasteiger partial charge in [0.2, 0.25) is 0 Å². The number of anilines is 1. The van der Waals surface area contributed by atoms with Crippen LogP contribution >= 0.6 is 0 Å². The maximum Gasteiger partial charge on any atom is 0.412 e. The monoisotopic (exact) mass is 194 g/mol. The van der Waals surface area contributed by atoms with E-state index >= 15 is 0 Å². The van der Waals surface area contributed by atoms with Crippen LogP contribution in [0.5, 0.6) is 0 Å². The summed E-state index contributed by atoms with van der Waals surface area (Å²) in [6.45, 7) is 1.69. The molecule has 5 nitrogen and oxygen atoms in total. The lowest BCUT2D eigenvalue weighted by Crippen LogP contribution is -2.19. The predicted molar refractivity (Wildman–Crippen MR) is 50.6 cm³/mol. The van der Waals surface area contributed by atoms with E-state index in [0.717, 1.165) is 0 Å². The average molecular weight is 194 g/mol.